The molecule has 0 spiro atoms. The van der Waals surface area contributed by atoms with E-state index in [2.05, 4.69) is 36.2 Å². The molecule has 1 unspecified atom stereocenters. The van der Waals surface area contributed by atoms with Gasteiger partial charge >= 0.3 is 0 Å². The highest BCUT2D eigenvalue weighted by Crippen LogP contribution is 2.26. The molecule has 1 heterocycles. The number of rotatable bonds is 6. The van der Waals surface area contributed by atoms with E-state index < -0.39 is 0 Å². The summed E-state index contributed by atoms with van der Waals surface area (Å²) >= 11 is 0. The monoisotopic (exact) mass is 264 g/mol. The Kier molecular flexibility index (Phi) is 5.37. The van der Waals surface area contributed by atoms with Crippen LogP contribution in [0.15, 0.2) is 6.33 Å². The van der Waals surface area contributed by atoms with E-state index in [1.807, 2.05) is 4.68 Å². The van der Waals surface area contributed by atoms with Crippen LogP contribution >= 0.6 is 0 Å². The highest BCUT2D eigenvalue weighted by atomic mass is 15.3. The fourth-order valence-electron chi connectivity index (χ4n) is 2.98. The molecule has 0 radical (unpaired) electrons. The van der Waals surface area contributed by atoms with Gasteiger partial charge in [0.05, 0.1) is 6.54 Å². The van der Waals surface area contributed by atoms with Gasteiger partial charge in [0.25, 0.3) is 0 Å². The molecule has 0 aromatic carbocycles. The largest absolute Gasteiger partial charge is 0.307 e. The lowest BCUT2D eigenvalue weighted by molar-refractivity contribution is 0.277. The molecule has 1 aromatic rings. The zero-order valence-corrected chi connectivity index (χ0v) is 12.6. The third-order valence-corrected chi connectivity index (χ3v) is 4.17. The van der Waals surface area contributed by atoms with Crippen LogP contribution in [0.2, 0.25) is 0 Å². The Morgan fingerprint density at radius 2 is 2.00 bits per heavy atom. The molecular weight excluding hydrogens is 236 g/mol. The molecule has 1 N–H and O–H groups in total. The molecule has 1 saturated carbocycles. The maximum absolute atomic E-state index is 4.38. The molecule has 0 amide bonds. The SMILES string of the molecule is CC(C)Cn1ncnc1CNC(C)C1CCCCC1. The summed E-state index contributed by atoms with van der Waals surface area (Å²) in [5, 5.41) is 7.96. The topological polar surface area (TPSA) is 42.7 Å². The normalized spacial score (nSPS) is 18.9. The second-order valence-corrected chi connectivity index (χ2v) is 6.32. The van der Waals surface area contributed by atoms with Gasteiger partial charge in [-0.3, -0.25) is 0 Å². The third kappa shape index (κ3) is 4.30. The Morgan fingerprint density at radius 1 is 1.26 bits per heavy atom. The quantitative estimate of drug-likeness (QED) is 0.859. The summed E-state index contributed by atoms with van der Waals surface area (Å²) in [4.78, 5) is 4.38. The van der Waals surface area contributed by atoms with Crippen molar-refractivity contribution in [2.45, 2.75) is 72.0 Å². The first-order valence-electron chi connectivity index (χ1n) is 7.77. The Morgan fingerprint density at radius 3 is 2.68 bits per heavy atom. The molecule has 108 valence electrons. The summed E-state index contributed by atoms with van der Waals surface area (Å²) < 4.78 is 2.03. The van der Waals surface area contributed by atoms with E-state index in [-0.39, 0.29) is 0 Å². The van der Waals surface area contributed by atoms with E-state index in [0.717, 1.165) is 24.8 Å². The van der Waals surface area contributed by atoms with Crippen molar-refractivity contribution in [3.63, 3.8) is 0 Å². The lowest BCUT2D eigenvalue weighted by atomic mass is 9.84. The summed E-state index contributed by atoms with van der Waals surface area (Å²) in [7, 11) is 0. The van der Waals surface area contributed by atoms with Gasteiger partial charge in [-0.05, 0) is 31.6 Å². The second kappa shape index (κ2) is 7.04. The Labute approximate surface area is 117 Å². The fourth-order valence-corrected chi connectivity index (χ4v) is 2.98. The summed E-state index contributed by atoms with van der Waals surface area (Å²) in [5.41, 5.74) is 0. The van der Waals surface area contributed by atoms with Crippen molar-refractivity contribution in [3.05, 3.63) is 12.2 Å². The van der Waals surface area contributed by atoms with E-state index in [0.29, 0.717) is 12.0 Å². The van der Waals surface area contributed by atoms with Crippen molar-refractivity contribution in [2.24, 2.45) is 11.8 Å². The van der Waals surface area contributed by atoms with Crippen LogP contribution in [0, 0.1) is 11.8 Å². The molecule has 1 fully saturated rings. The van der Waals surface area contributed by atoms with Crippen LogP contribution in [0.5, 0.6) is 0 Å². The van der Waals surface area contributed by atoms with Gasteiger partial charge in [-0.1, -0.05) is 33.1 Å². The van der Waals surface area contributed by atoms with Gasteiger partial charge in [0.2, 0.25) is 0 Å². The van der Waals surface area contributed by atoms with Crippen molar-refractivity contribution >= 4 is 0 Å². The zero-order chi connectivity index (χ0) is 13.7. The van der Waals surface area contributed by atoms with Gasteiger partial charge in [0.1, 0.15) is 12.2 Å². The van der Waals surface area contributed by atoms with E-state index >= 15 is 0 Å². The molecule has 4 nitrogen and oxygen atoms in total. The Hall–Kier alpha value is -0.900. The summed E-state index contributed by atoms with van der Waals surface area (Å²) in [6, 6.07) is 0.588. The molecule has 0 saturated heterocycles. The van der Waals surface area contributed by atoms with Crippen LogP contribution in [0.3, 0.4) is 0 Å². The van der Waals surface area contributed by atoms with Gasteiger partial charge in [-0.25, -0.2) is 9.67 Å². The standard InChI is InChI=1S/C15H28N4/c1-12(2)10-19-15(17-11-18-19)9-16-13(3)14-7-5-4-6-8-14/h11-14,16H,4-10H2,1-3H3. The summed E-state index contributed by atoms with van der Waals surface area (Å²) in [6.45, 7) is 8.53. The lowest BCUT2D eigenvalue weighted by Gasteiger charge is -2.28. The van der Waals surface area contributed by atoms with E-state index in [4.69, 9.17) is 0 Å². The van der Waals surface area contributed by atoms with Crippen molar-refractivity contribution in [2.75, 3.05) is 0 Å². The van der Waals surface area contributed by atoms with Crippen LogP contribution < -0.4 is 5.32 Å². The average molecular weight is 264 g/mol. The molecule has 1 aliphatic carbocycles. The highest BCUT2D eigenvalue weighted by Gasteiger charge is 2.20. The molecule has 1 aromatic heterocycles. The minimum Gasteiger partial charge on any atom is -0.307 e. The summed E-state index contributed by atoms with van der Waals surface area (Å²) in [6.07, 6.45) is 8.66. The van der Waals surface area contributed by atoms with Crippen molar-refractivity contribution in [3.8, 4) is 0 Å². The van der Waals surface area contributed by atoms with E-state index in [1.54, 1.807) is 6.33 Å². The van der Waals surface area contributed by atoms with E-state index in [9.17, 15) is 0 Å². The van der Waals surface area contributed by atoms with Crippen molar-refractivity contribution in [1.29, 1.82) is 0 Å². The van der Waals surface area contributed by atoms with Crippen LogP contribution in [0.25, 0.3) is 0 Å². The summed E-state index contributed by atoms with van der Waals surface area (Å²) in [5.74, 6) is 2.52. The molecule has 1 aliphatic rings. The van der Waals surface area contributed by atoms with Crippen molar-refractivity contribution < 1.29 is 0 Å². The van der Waals surface area contributed by atoms with E-state index in [1.165, 1.54) is 32.1 Å². The minimum atomic E-state index is 0.588. The molecule has 2 rings (SSSR count). The fraction of sp³-hybridized carbons (Fsp3) is 0.867. The number of aromatic nitrogens is 3. The second-order valence-electron chi connectivity index (χ2n) is 6.32. The maximum Gasteiger partial charge on any atom is 0.140 e. The maximum atomic E-state index is 4.38. The molecule has 0 bridgehead atoms. The van der Waals surface area contributed by atoms with Crippen LogP contribution in [0.4, 0.5) is 0 Å². The minimum absolute atomic E-state index is 0.588. The molecule has 0 aliphatic heterocycles. The molecule has 1 atom stereocenters. The third-order valence-electron chi connectivity index (χ3n) is 4.17. The number of hydrogen-bond acceptors (Lipinski definition) is 3. The van der Waals surface area contributed by atoms with Gasteiger partial charge in [0, 0.05) is 12.6 Å². The average Bonchev–Trinajstić information content (AvgIpc) is 2.83. The van der Waals surface area contributed by atoms with Crippen LogP contribution in [-0.4, -0.2) is 20.8 Å². The van der Waals surface area contributed by atoms with Gasteiger partial charge < -0.3 is 5.32 Å². The molecule has 19 heavy (non-hydrogen) atoms. The number of nitrogens with zero attached hydrogens (tertiary/aromatic N) is 3. The van der Waals surface area contributed by atoms with Gasteiger partial charge in [-0.2, -0.15) is 5.10 Å². The number of hydrogen-bond donors (Lipinski definition) is 1. The Balaban J connectivity index is 1.82. The Bertz CT molecular complexity index is 366. The van der Waals surface area contributed by atoms with Crippen LogP contribution in [0.1, 0.15) is 58.7 Å². The van der Waals surface area contributed by atoms with Crippen molar-refractivity contribution in [1.82, 2.24) is 20.1 Å². The smallest absolute Gasteiger partial charge is 0.140 e. The number of nitrogens with one attached hydrogen (secondary N) is 1. The van der Waals surface area contributed by atoms with Gasteiger partial charge in [0.15, 0.2) is 0 Å². The first-order valence-corrected chi connectivity index (χ1v) is 7.77. The molecular formula is C15H28N4. The first kappa shape index (κ1) is 14.5. The predicted octanol–water partition coefficient (Wildman–Crippen LogP) is 2.99. The molecule has 4 heteroatoms. The zero-order valence-electron chi connectivity index (χ0n) is 12.6. The van der Waals surface area contributed by atoms with Crippen LogP contribution in [-0.2, 0) is 13.1 Å². The van der Waals surface area contributed by atoms with Gasteiger partial charge in [-0.15, -0.1) is 0 Å². The highest BCUT2D eigenvalue weighted by molar-refractivity contribution is 4.86. The lowest BCUT2D eigenvalue weighted by Crippen LogP contribution is -2.35. The first-order chi connectivity index (χ1) is 9.16. The predicted molar refractivity (Wildman–Crippen MR) is 77.7 cm³/mol.